The number of carbonyl (C=O) groups excluding carboxylic acids is 2. The Kier molecular flexibility index (Phi) is 6.67. The molecule has 1 rings (SSSR count). The van der Waals surface area contributed by atoms with Crippen LogP contribution in [0.4, 0.5) is 4.79 Å². The number of carbonyl (C=O) groups is 3. The van der Waals surface area contributed by atoms with Crippen LogP contribution in [0.1, 0.15) is 37.1 Å². The van der Waals surface area contributed by atoms with Gasteiger partial charge in [-0.1, -0.05) is 19.4 Å². The van der Waals surface area contributed by atoms with Crippen molar-refractivity contribution in [2.24, 2.45) is 5.73 Å². The van der Waals surface area contributed by atoms with E-state index in [0.29, 0.717) is 0 Å². The lowest BCUT2D eigenvalue weighted by atomic mass is 10.1. The first-order valence-corrected chi connectivity index (χ1v) is 7.43. The zero-order valence-electron chi connectivity index (χ0n) is 11.7. The summed E-state index contributed by atoms with van der Waals surface area (Å²) in [5.74, 6) is -2.09. The first-order valence-electron chi connectivity index (χ1n) is 6.55. The van der Waals surface area contributed by atoms with Crippen molar-refractivity contribution in [2.75, 3.05) is 0 Å². The molecule has 8 heteroatoms. The van der Waals surface area contributed by atoms with Gasteiger partial charge in [-0.2, -0.15) is 0 Å². The van der Waals surface area contributed by atoms with Crippen molar-refractivity contribution >= 4 is 29.2 Å². The Morgan fingerprint density at radius 3 is 2.57 bits per heavy atom. The maximum Gasteiger partial charge on any atom is 0.326 e. The summed E-state index contributed by atoms with van der Waals surface area (Å²) in [5, 5.41) is 15.8. The van der Waals surface area contributed by atoms with Crippen LogP contribution in [0.25, 0.3) is 0 Å². The molecule has 1 heterocycles. The molecule has 2 atom stereocenters. The predicted octanol–water partition coefficient (Wildman–Crippen LogP) is 1.22. The smallest absolute Gasteiger partial charge is 0.326 e. The van der Waals surface area contributed by atoms with Crippen molar-refractivity contribution in [3.63, 3.8) is 0 Å². The third-order valence-electron chi connectivity index (χ3n) is 2.78. The van der Waals surface area contributed by atoms with Crippen molar-refractivity contribution < 1.29 is 19.5 Å². The van der Waals surface area contributed by atoms with Gasteiger partial charge in [0, 0.05) is 4.88 Å². The highest BCUT2D eigenvalue weighted by molar-refractivity contribution is 7.10. The topological polar surface area (TPSA) is 122 Å². The Morgan fingerprint density at radius 1 is 1.38 bits per heavy atom. The first-order chi connectivity index (χ1) is 9.93. The van der Waals surface area contributed by atoms with Crippen molar-refractivity contribution in [1.82, 2.24) is 10.6 Å². The number of rotatable bonds is 8. The fraction of sp³-hybridized carbons (Fsp3) is 0.462. The second-order valence-electron chi connectivity index (χ2n) is 4.54. The summed E-state index contributed by atoms with van der Waals surface area (Å²) in [6.07, 6.45) is 1.16. The SMILES string of the molecule is CCCC(NC(=O)NC(CC(N)=O)C(=O)O)c1cccs1. The molecule has 0 radical (unpaired) electrons. The molecule has 3 amide bonds. The Bertz CT molecular complexity index is 490. The Morgan fingerprint density at radius 2 is 2.10 bits per heavy atom. The Hall–Kier alpha value is -2.09. The molecule has 0 fully saturated rings. The minimum atomic E-state index is -1.33. The number of urea groups is 1. The number of amides is 3. The highest BCUT2D eigenvalue weighted by atomic mass is 32.1. The molecule has 21 heavy (non-hydrogen) atoms. The van der Waals surface area contributed by atoms with Crippen molar-refractivity contribution in [2.45, 2.75) is 38.3 Å². The molecule has 116 valence electrons. The fourth-order valence-corrected chi connectivity index (χ4v) is 2.64. The number of nitrogens with one attached hydrogen (secondary N) is 2. The second kappa shape index (κ2) is 8.25. The van der Waals surface area contributed by atoms with Crippen LogP contribution < -0.4 is 16.4 Å². The number of nitrogens with two attached hydrogens (primary N) is 1. The van der Waals surface area contributed by atoms with Gasteiger partial charge in [0.05, 0.1) is 12.5 Å². The summed E-state index contributed by atoms with van der Waals surface area (Å²) in [4.78, 5) is 34.6. The quantitative estimate of drug-likeness (QED) is 0.576. The lowest BCUT2D eigenvalue weighted by Gasteiger charge is -2.19. The maximum atomic E-state index is 11.9. The third kappa shape index (κ3) is 5.82. The van der Waals surface area contributed by atoms with Crippen LogP contribution in [0.3, 0.4) is 0 Å². The molecule has 2 unspecified atom stereocenters. The molecule has 0 aliphatic rings. The summed E-state index contributed by atoms with van der Waals surface area (Å²) < 4.78 is 0. The number of thiophene rings is 1. The average Bonchev–Trinajstić information content (AvgIpc) is 2.90. The molecule has 1 aromatic heterocycles. The van der Waals surface area contributed by atoms with E-state index in [1.165, 1.54) is 11.3 Å². The monoisotopic (exact) mass is 313 g/mol. The normalized spacial score (nSPS) is 13.2. The number of primary amides is 1. The van der Waals surface area contributed by atoms with Gasteiger partial charge in [0.2, 0.25) is 5.91 Å². The number of aliphatic carboxylic acids is 1. The summed E-state index contributed by atoms with van der Waals surface area (Å²) >= 11 is 1.52. The van der Waals surface area contributed by atoms with Gasteiger partial charge in [0.1, 0.15) is 6.04 Å². The van der Waals surface area contributed by atoms with Crippen LogP contribution >= 0.6 is 11.3 Å². The zero-order chi connectivity index (χ0) is 15.8. The summed E-state index contributed by atoms with van der Waals surface area (Å²) in [5.41, 5.74) is 4.96. The maximum absolute atomic E-state index is 11.9. The Labute approximate surface area is 126 Å². The Balaban J connectivity index is 2.64. The van der Waals surface area contributed by atoms with Crippen LogP contribution in [0.15, 0.2) is 17.5 Å². The summed E-state index contributed by atoms with van der Waals surface area (Å²) in [7, 11) is 0. The summed E-state index contributed by atoms with van der Waals surface area (Å²) in [6.45, 7) is 1.99. The highest BCUT2D eigenvalue weighted by Gasteiger charge is 2.23. The molecular weight excluding hydrogens is 294 g/mol. The number of hydrogen-bond acceptors (Lipinski definition) is 4. The van der Waals surface area contributed by atoms with Gasteiger partial charge in [-0.05, 0) is 17.9 Å². The van der Waals surface area contributed by atoms with Crippen LogP contribution in [-0.2, 0) is 9.59 Å². The standard InChI is InChI=1S/C13H19N3O4S/c1-2-4-8(10-5-3-6-21-10)15-13(20)16-9(12(18)19)7-11(14)17/h3,5-6,8-9H,2,4,7H2,1H3,(H2,14,17)(H,18,19)(H2,15,16,20). The van der Waals surface area contributed by atoms with Crippen LogP contribution in [0.5, 0.6) is 0 Å². The van der Waals surface area contributed by atoms with E-state index in [1.54, 1.807) is 0 Å². The van der Waals surface area contributed by atoms with Crippen molar-refractivity contribution in [3.8, 4) is 0 Å². The molecule has 0 saturated carbocycles. The number of carboxylic acids is 1. The average molecular weight is 313 g/mol. The zero-order valence-corrected chi connectivity index (χ0v) is 12.5. The van der Waals surface area contributed by atoms with Crippen LogP contribution in [0, 0.1) is 0 Å². The van der Waals surface area contributed by atoms with E-state index < -0.39 is 30.4 Å². The minimum absolute atomic E-state index is 0.182. The molecule has 0 aromatic carbocycles. The molecular formula is C13H19N3O4S. The van der Waals surface area contributed by atoms with Gasteiger partial charge in [0.25, 0.3) is 0 Å². The van der Waals surface area contributed by atoms with E-state index in [1.807, 2.05) is 24.4 Å². The highest BCUT2D eigenvalue weighted by Crippen LogP contribution is 2.22. The van der Waals surface area contributed by atoms with E-state index in [4.69, 9.17) is 10.8 Å². The lowest BCUT2D eigenvalue weighted by molar-refractivity contribution is -0.140. The van der Waals surface area contributed by atoms with Gasteiger partial charge >= 0.3 is 12.0 Å². The van der Waals surface area contributed by atoms with Gasteiger partial charge in [-0.15, -0.1) is 11.3 Å². The van der Waals surface area contributed by atoms with E-state index in [9.17, 15) is 14.4 Å². The molecule has 5 N–H and O–H groups in total. The number of hydrogen-bond donors (Lipinski definition) is 4. The van der Waals surface area contributed by atoms with Gasteiger partial charge in [-0.25, -0.2) is 9.59 Å². The van der Waals surface area contributed by atoms with Crippen LogP contribution in [-0.4, -0.2) is 29.1 Å². The van der Waals surface area contributed by atoms with Gasteiger partial charge in [-0.3, -0.25) is 4.79 Å². The molecule has 0 aliphatic heterocycles. The van der Waals surface area contributed by atoms with E-state index in [-0.39, 0.29) is 6.04 Å². The van der Waals surface area contributed by atoms with E-state index >= 15 is 0 Å². The first kappa shape index (κ1) is 17.0. The van der Waals surface area contributed by atoms with Crippen molar-refractivity contribution in [3.05, 3.63) is 22.4 Å². The van der Waals surface area contributed by atoms with Gasteiger partial charge < -0.3 is 21.5 Å². The van der Waals surface area contributed by atoms with Gasteiger partial charge in [0.15, 0.2) is 0 Å². The second-order valence-corrected chi connectivity index (χ2v) is 5.52. The van der Waals surface area contributed by atoms with Crippen molar-refractivity contribution in [1.29, 1.82) is 0 Å². The third-order valence-corrected chi connectivity index (χ3v) is 3.76. The molecule has 0 spiro atoms. The lowest BCUT2D eigenvalue weighted by Crippen LogP contribution is -2.48. The largest absolute Gasteiger partial charge is 0.480 e. The predicted molar refractivity (Wildman–Crippen MR) is 78.9 cm³/mol. The summed E-state index contributed by atoms with van der Waals surface area (Å²) in [6, 6.07) is 1.65. The molecule has 0 bridgehead atoms. The molecule has 0 saturated heterocycles. The van der Waals surface area contributed by atoms with Crippen LogP contribution in [0.2, 0.25) is 0 Å². The molecule has 1 aromatic rings. The van der Waals surface area contributed by atoms with E-state index in [2.05, 4.69) is 10.6 Å². The molecule has 0 aliphatic carbocycles. The molecule has 7 nitrogen and oxygen atoms in total. The number of carboxylic acid groups (broad SMARTS) is 1. The fourth-order valence-electron chi connectivity index (χ4n) is 1.82. The minimum Gasteiger partial charge on any atom is -0.480 e. The van der Waals surface area contributed by atoms with E-state index in [0.717, 1.165) is 17.7 Å².